The third-order valence-electron chi connectivity index (χ3n) is 2.71. The van der Waals surface area contributed by atoms with Gasteiger partial charge in [0.1, 0.15) is 5.82 Å². The van der Waals surface area contributed by atoms with E-state index in [-0.39, 0.29) is 0 Å². The van der Waals surface area contributed by atoms with Gasteiger partial charge in [-0.05, 0) is 18.6 Å². The summed E-state index contributed by atoms with van der Waals surface area (Å²) < 4.78 is 1.77. The molecule has 0 amide bonds. The van der Waals surface area contributed by atoms with Crippen molar-refractivity contribution in [3.8, 4) is 0 Å². The number of rotatable bonds is 5. The van der Waals surface area contributed by atoms with E-state index in [0.717, 1.165) is 35.7 Å². The van der Waals surface area contributed by atoms with E-state index in [9.17, 15) is 0 Å². The lowest BCUT2D eigenvalue weighted by atomic mass is 10.2. The standard InChI is InChI=1S/C12H18N6/c1-3-5-10-11(13)12(18(2)17-10)14-8-9-6-4-7-15-16-9/h4,6-7,14H,3,5,8,13H2,1-2H3. The lowest BCUT2D eigenvalue weighted by molar-refractivity contribution is 0.734. The zero-order chi connectivity index (χ0) is 13.0. The number of aryl methyl sites for hydroxylation is 2. The van der Waals surface area contributed by atoms with E-state index in [0.29, 0.717) is 6.54 Å². The van der Waals surface area contributed by atoms with E-state index in [1.54, 1.807) is 10.9 Å². The number of anilines is 2. The fourth-order valence-corrected chi connectivity index (χ4v) is 1.83. The predicted molar refractivity (Wildman–Crippen MR) is 71.0 cm³/mol. The molecule has 0 radical (unpaired) electrons. The highest BCUT2D eigenvalue weighted by Crippen LogP contribution is 2.23. The van der Waals surface area contributed by atoms with Gasteiger partial charge in [-0.2, -0.15) is 15.3 Å². The normalized spacial score (nSPS) is 10.6. The number of hydrogen-bond acceptors (Lipinski definition) is 5. The summed E-state index contributed by atoms with van der Waals surface area (Å²) in [5.74, 6) is 0.837. The Morgan fingerprint density at radius 2 is 2.28 bits per heavy atom. The SMILES string of the molecule is CCCc1nn(C)c(NCc2cccnn2)c1N. The zero-order valence-corrected chi connectivity index (χ0v) is 10.7. The van der Waals surface area contributed by atoms with Crippen LogP contribution in [0.3, 0.4) is 0 Å². The maximum absolute atomic E-state index is 6.07. The van der Waals surface area contributed by atoms with Crippen LogP contribution in [-0.4, -0.2) is 20.0 Å². The van der Waals surface area contributed by atoms with Crippen LogP contribution in [0.1, 0.15) is 24.7 Å². The lowest BCUT2D eigenvalue weighted by Gasteiger charge is -2.06. The van der Waals surface area contributed by atoms with Gasteiger partial charge in [-0.15, -0.1) is 0 Å². The van der Waals surface area contributed by atoms with E-state index in [2.05, 4.69) is 27.5 Å². The van der Waals surface area contributed by atoms with Crippen molar-refractivity contribution in [1.29, 1.82) is 0 Å². The molecule has 6 heteroatoms. The Morgan fingerprint density at radius 1 is 1.44 bits per heavy atom. The highest BCUT2D eigenvalue weighted by atomic mass is 15.3. The van der Waals surface area contributed by atoms with E-state index in [1.807, 2.05) is 19.2 Å². The van der Waals surface area contributed by atoms with Gasteiger partial charge in [0.15, 0.2) is 0 Å². The molecule has 0 atom stereocenters. The van der Waals surface area contributed by atoms with Crippen LogP contribution in [0.2, 0.25) is 0 Å². The van der Waals surface area contributed by atoms with Gasteiger partial charge in [-0.3, -0.25) is 4.68 Å². The first-order valence-electron chi connectivity index (χ1n) is 6.04. The Bertz CT molecular complexity index is 505. The molecule has 3 N–H and O–H groups in total. The molecular formula is C12H18N6. The van der Waals surface area contributed by atoms with Crippen LogP contribution in [-0.2, 0) is 20.0 Å². The third kappa shape index (κ3) is 2.58. The number of nitrogens with zero attached hydrogens (tertiary/aromatic N) is 4. The molecule has 2 aromatic heterocycles. The van der Waals surface area contributed by atoms with E-state index in [1.165, 1.54) is 0 Å². The van der Waals surface area contributed by atoms with Gasteiger partial charge in [0.05, 0.1) is 23.6 Å². The molecule has 0 aliphatic carbocycles. The number of nitrogens with one attached hydrogen (secondary N) is 1. The van der Waals surface area contributed by atoms with Gasteiger partial charge in [0, 0.05) is 13.2 Å². The maximum Gasteiger partial charge on any atom is 0.148 e. The molecule has 0 saturated carbocycles. The molecule has 96 valence electrons. The molecule has 0 saturated heterocycles. The van der Waals surface area contributed by atoms with Crippen molar-refractivity contribution in [2.75, 3.05) is 11.1 Å². The molecule has 0 spiro atoms. The zero-order valence-electron chi connectivity index (χ0n) is 10.7. The Labute approximate surface area is 106 Å². The minimum atomic E-state index is 0.586. The molecule has 0 unspecified atom stereocenters. The summed E-state index contributed by atoms with van der Waals surface area (Å²) in [5, 5.41) is 15.5. The minimum absolute atomic E-state index is 0.586. The van der Waals surface area contributed by atoms with E-state index in [4.69, 9.17) is 5.73 Å². The molecular weight excluding hydrogens is 228 g/mol. The lowest BCUT2D eigenvalue weighted by Crippen LogP contribution is -2.07. The van der Waals surface area contributed by atoms with Crippen molar-refractivity contribution in [2.45, 2.75) is 26.3 Å². The molecule has 0 fully saturated rings. The molecule has 6 nitrogen and oxygen atoms in total. The molecule has 0 aromatic carbocycles. The van der Waals surface area contributed by atoms with Crippen molar-refractivity contribution in [1.82, 2.24) is 20.0 Å². The second-order valence-electron chi connectivity index (χ2n) is 4.15. The number of hydrogen-bond donors (Lipinski definition) is 2. The maximum atomic E-state index is 6.07. The fraction of sp³-hybridized carbons (Fsp3) is 0.417. The molecule has 2 heterocycles. The number of aromatic nitrogens is 4. The summed E-state index contributed by atoms with van der Waals surface area (Å²) in [6, 6.07) is 3.78. The van der Waals surface area contributed by atoms with Gasteiger partial charge in [-0.1, -0.05) is 13.3 Å². The second kappa shape index (κ2) is 5.48. The first-order chi connectivity index (χ1) is 8.72. The van der Waals surface area contributed by atoms with Crippen LogP contribution in [0, 0.1) is 0 Å². The van der Waals surface area contributed by atoms with Crippen molar-refractivity contribution < 1.29 is 0 Å². The third-order valence-corrected chi connectivity index (χ3v) is 2.71. The van der Waals surface area contributed by atoms with Gasteiger partial charge in [-0.25, -0.2) is 0 Å². The summed E-state index contributed by atoms with van der Waals surface area (Å²) >= 11 is 0. The van der Waals surface area contributed by atoms with Crippen LogP contribution in [0.25, 0.3) is 0 Å². The second-order valence-corrected chi connectivity index (χ2v) is 4.15. The average molecular weight is 246 g/mol. The molecule has 2 rings (SSSR count). The van der Waals surface area contributed by atoms with Gasteiger partial charge >= 0.3 is 0 Å². The Kier molecular flexibility index (Phi) is 3.76. The van der Waals surface area contributed by atoms with Gasteiger partial charge in [0.25, 0.3) is 0 Å². The Hall–Kier alpha value is -2.11. The summed E-state index contributed by atoms with van der Waals surface area (Å²) in [6.45, 7) is 2.70. The number of nitrogen functional groups attached to an aromatic ring is 1. The van der Waals surface area contributed by atoms with Crippen molar-refractivity contribution in [3.63, 3.8) is 0 Å². The molecule has 18 heavy (non-hydrogen) atoms. The summed E-state index contributed by atoms with van der Waals surface area (Å²) in [5.41, 5.74) is 8.61. The highest BCUT2D eigenvalue weighted by molar-refractivity contribution is 5.65. The van der Waals surface area contributed by atoms with Crippen molar-refractivity contribution in [2.24, 2.45) is 7.05 Å². The molecule has 0 bridgehead atoms. The van der Waals surface area contributed by atoms with Crippen LogP contribution < -0.4 is 11.1 Å². The molecule has 0 aliphatic rings. The smallest absolute Gasteiger partial charge is 0.148 e. The van der Waals surface area contributed by atoms with Crippen molar-refractivity contribution >= 4 is 11.5 Å². The monoisotopic (exact) mass is 246 g/mol. The number of nitrogens with two attached hydrogens (primary N) is 1. The molecule has 2 aromatic rings. The van der Waals surface area contributed by atoms with E-state index < -0.39 is 0 Å². The Morgan fingerprint density at radius 3 is 2.94 bits per heavy atom. The highest BCUT2D eigenvalue weighted by Gasteiger charge is 2.12. The van der Waals surface area contributed by atoms with Gasteiger partial charge < -0.3 is 11.1 Å². The topological polar surface area (TPSA) is 81.7 Å². The van der Waals surface area contributed by atoms with Gasteiger partial charge in [0.2, 0.25) is 0 Å². The first kappa shape index (κ1) is 12.3. The van der Waals surface area contributed by atoms with Crippen LogP contribution >= 0.6 is 0 Å². The largest absolute Gasteiger partial charge is 0.394 e. The van der Waals surface area contributed by atoms with Crippen LogP contribution in [0.15, 0.2) is 18.3 Å². The van der Waals surface area contributed by atoms with Crippen LogP contribution in [0.5, 0.6) is 0 Å². The quantitative estimate of drug-likeness (QED) is 0.832. The fourth-order valence-electron chi connectivity index (χ4n) is 1.83. The van der Waals surface area contributed by atoms with E-state index >= 15 is 0 Å². The van der Waals surface area contributed by atoms with Crippen molar-refractivity contribution in [3.05, 3.63) is 29.7 Å². The minimum Gasteiger partial charge on any atom is -0.394 e. The first-order valence-corrected chi connectivity index (χ1v) is 6.04. The average Bonchev–Trinajstić information content (AvgIpc) is 2.64. The Balaban J connectivity index is 2.10. The predicted octanol–water partition coefficient (Wildman–Crippen LogP) is 1.36. The summed E-state index contributed by atoms with van der Waals surface area (Å²) in [7, 11) is 1.88. The van der Waals surface area contributed by atoms with Crippen LogP contribution in [0.4, 0.5) is 11.5 Å². The summed E-state index contributed by atoms with van der Waals surface area (Å²) in [4.78, 5) is 0. The summed E-state index contributed by atoms with van der Waals surface area (Å²) in [6.07, 6.45) is 3.58. The molecule has 0 aliphatic heterocycles.